The van der Waals surface area contributed by atoms with Crippen molar-refractivity contribution in [1.29, 1.82) is 5.41 Å². The number of nitrogens with one attached hydrogen (secondary N) is 1. The van der Waals surface area contributed by atoms with E-state index < -0.39 is 0 Å². The van der Waals surface area contributed by atoms with E-state index in [2.05, 4.69) is 27.7 Å². The van der Waals surface area contributed by atoms with Gasteiger partial charge in [-0.3, -0.25) is 0 Å². The standard InChI is InChI=1S/C11H21N/c1-5-7-9(3)8-11(12)10(4)6-2/h8,10,12H,5-7H2,1-4H3/b9-8+,12-11?. The van der Waals surface area contributed by atoms with E-state index in [9.17, 15) is 0 Å². The molecule has 0 radical (unpaired) electrons. The van der Waals surface area contributed by atoms with Gasteiger partial charge < -0.3 is 5.41 Å². The van der Waals surface area contributed by atoms with Gasteiger partial charge in [0.25, 0.3) is 0 Å². The van der Waals surface area contributed by atoms with Crippen molar-refractivity contribution >= 4 is 5.71 Å². The van der Waals surface area contributed by atoms with Crippen molar-refractivity contribution in [2.24, 2.45) is 5.92 Å². The Labute approximate surface area is 76.4 Å². The molecule has 1 unspecified atom stereocenters. The summed E-state index contributed by atoms with van der Waals surface area (Å²) in [5.41, 5.74) is 2.12. The van der Waals surface area contributed by atoms with E-state index in [1.165, 1.54) is 12.0 Å². The van der Waals surface area contributed by atoms with E-state index in [1.807, 2.05) is 6.08 Å². The van der Waals surface area contributed by atoms with Crippen LogP contribution < -0.4 is 0 Å². The molecule has 0 saturated heterocycles. The van der Waals surface area contributed by atoms with E-state index in [4.69, 9.17) is 5.41 Å². The number of hydrogen-bond acceptors (Lipinski definition) is 1. The maximum Gasteiger partial charge on any atom is 0.0341 e. The largest absolute Gasteiger partial charge is 0.305 e. The molecule has 70 valence electrons. The summed E-state index contributed by atoms with van der Waals surface area (Å²) in [7, 11) is 0. The summed E-state index contributed by atoms with van der Waals surface area (Å²) in [5.74, 6) is 0.414. The molecule has 0 aliphatic rings. The maximum atomic E-state index is 7.73. The van der Waals surface area contributed by atoms with Crippen LogP contribution in [0.2, 0.25) is 0 Å². The fourth-order valence-corrected chi connectivity index (χ4v) is 1.09. The molecule has 1 nitrogen and oxygen atoms in total. The Morgan fingerprint density at radius 2 is 2.00 bits per heavy atom. The highest BCUT2D eigenvalue weighted by Gasteiger charge is 2.02. The lowest BCUT2D eigenvalue weighted by atomic mass is 10.00. The first-order chi connectivity index (χ1) is 5.61. The minimum atomic E-state index is 0.414. The highest BCUT2D eigenvalue weighted by molar-refractivity contribution is 5.94. The zero-order valence-corrected chi connectivity index (χ0v) is 8.78. The average Bonchev–Trinajstić information content (AvgIpc) is 2.03. The average molecular weight is 167 g/mol. The third-order valence-corrected chi connectivity index (χ3v) is 2.19. The molecule has 1 heteroatoms. The molecule has 12 heavy (non-hydrogen) atoms. The van der Waals surface area contributed by atoms with Crippen LogP contribution in [0.15, 0.2) is 11.6 Å². The smallest absolute Gasteiger partial charge is 0.0341 e. The van der Waals surface area contributed by atoms with Crippen molar-refractivity contribution in [1.82, 2.24) is 0 Å². The lowest BCUT2D eigenvalue weighted by Crippen LogP contribution is -2.05. The lowest BCUT2D eigenvalue weighted by molar-refractivity contribution is 0.737. The van der Waals surface area contributed by atoms with Gasteiger partial charge in [0.05, 0.1) is 0 Å². The maximum absolute atomic E-state index is 7.73. The van der Waals surface area contributed by atoms with Crippen molar-refractivity contribution in [3.05, 3.63) is 11.6 Å². The van der Waals surface area contributed by atoms with Crippen molar-refractivity contribution < 1.29 is 0 Å². The summed E-state index contributed by atoms with van der Waals surface area (Å²) in [5, 5.41) is 7.73. The Morgan fingerprint density at radius 3 is 2.42 bits per heavy atom. The van der Waals surface area contributed by atoms with Gasteiger partial charge in [-0.1, -0.05) is 32.8 Å². The first-order valence-corrected chi connectivity index (χ1v) is 4.87. The third-order valence-electron chi connectivity index (χ3n) is 2.19. The molecule has 0 aliphatic heterocycles. The van der Waals surface area contributed by atoms with Crippen molar-refractivity contribution in [3.63, 3.8) is 0 Å². The molecule has 0 saturated carbocycles. The van der Waals surface area contributed by atoms with Gasteiger partial charge in [0, 0.05) is 5.71 Å². The van der Waals surface area contributed by atoms with Crippen molar-refractivity contribution in [3.8, 4) is 0 Å². The molecule has 0 heterocycles. The van der Waals surface area contributed by atoms with Crippen LogP contribution in [-0.2, 0) is 0 Å². The van der Waals surface area contributed by atoms with Crippen LogP contribution in [0, 0.1) is 11.3 Å². The third kappa shape index (κ3) is 4.32. The predicted octanol–water partition coefficient (Wildman–Crippen LogP) is 3.80. The molecule has 0 aromatic rings. The Morgan fingerprint density at radius 1 is 1.42 bits per heavy atom. The second-order valence-electron chi connectivity index (χ2n) is 3.51. The molecule has 0 aliphatic carbocycles. The van der Waals surface area contributed by atoms with E-state index in [1.54, 1.807) is 0 Å². The van der Waals surface area contributed by atoms with E-state index in [0.29, 0.717) is 5.92 Å². The monoisotopic (exact) mass is 167 g/mol. The van der Waals surface area contributed by atoms with Gasteiger partial charge in [0.2, 0.25) is 0 Å². The molecular formula is C11H21N. The van der Waals surface area contributed by atoms with Crippen molar-refractivity contribution in [2.45, 2.75) is 47.0 Å². The normalized spacial score (nSPS) is 14.5. The fourth-order valence-electron chi connectivity index (χ4n) is 1.09. The van der Waals surface area contributed by atoms with Crippen LogP contribution in [0.3, 0.4) is 0 Å². The van der Waals surface area contributed by atoms with Gasteiger partial charge in [0.1, 0.15) is 0 Å². The Balaban J connectivity index is 4.04. The zero-order chi connectivity index (χ0) is 9.56. The molecule has 0 rings (SSSR count). The zero-order valence-electron chi connectivity index (χ0n) is 8.78. The first kappa shape index (κ1) is 11.4. The molecular weight excluding hydrogens is 146 g/mol. The van der Waals surface area contributed by atoms with Gasteiger partial charge in [0.15, 0.2) is 0 Å². The summed E-state index contributed by atoms with van der Waals surface area (Å²) in [6, 6.07) is 0. The van der Waals surface area contributed by atoms with Gasteiger partial charge in [-0.2, -0.15) is 0 Å². The van der Waals surface area contributed by atoms with E-state index >= 15 is 0 Å². The highest BCUT2D eigenvalue weighted by Crippen LogP contribution is 2.08. The van der Waals surface area contributed by atoms with Crippen LogP contribution in [0.25, 0.3) is 0 Å². The molecule has 0 fully saturated rings. The number of allylic oxidation sites excluding steroid dienone is 2. The molecule has 1 atom stereocenters. The van der Waals surface area contributed by atoms with E-state index in [-0.39, 0.29) is 0 Å². The van der Waals surface area contributed by atoms with E-state index in [0.717, 1.165) is 18.6 Å². The molecule has 0 aromatic carbocycles. The van der Waals surface area contributed by atoms with Gasteiger partial charge >= 0.3 is 0 Å². The quantitative estimate of drug-likeness (QED) is 0.602. The SMILES string of the molecule is CCC/C(C)=C/C(=N)C(C)CC. The molecule has 0 spiro atoms. The summed E-state index contributed by atoms with van der Waals surface area (Å²) in [4.78, 5) is 0. The van der Waals surface area contributed by atoms with Gasteiger partial charge in [-0.15, -0.1) is 0 Å². The summed E-state index contributed by atoms with van der Waals surface area (Å²) in [6.45, 7) is 8.52. The first-order valence-electron chi connectivity index (χ1n) is 4.87. The molecule has 0 amide bonds. The van der Waals surface area contributed by atoms with Crippen LogP contribution in [-0.4, -0.2) is 5.71 Å². The van der Waals surface area contributed by atoms with Crippen LogP contribution >= 0.6 is 0 Å². The predicted molar refractivity (Wildman–Crippen MR) is 55.8 cm³/mol. The Kier molecular flexibility index (Phi) is 5.69. The summed E-state index contributed by atoms with van der Waals surface area (Å²) < 4.78 is 0. The van der Waals surface area contributed by atoms with Crippen LogP contribution in [0.4, 0.5) is 0 Å². The summed E-state index contributed by atoms with van der Waals surface area (Å²) >= 11 is 0. The van der Waals surface area contributed by atoms with Gasteiger partial charge in [-0.25, -0.2) is 0 Å². The Bertz CT molecular complexity index is 168. The van der Waals surface area contributed by atoms with Crippen LogP contribution in [0.1, 0.15) is 47.0 Å². The second kappa shape index (κ2) is 5.99. The molecule has 1 N–H and O–H groups in total. The highest BCUT2D eigenvalue weighted by atomic mass is 14.4. The Hall–Kier alpha value is -0.590. The summed E-state index contributed by atoms with van der Waals surface area (Å²) in [6.07, 6.45) is 5.39. The lowest BCUT2D eigenvalue weighted by Gasteiger charge is -2.07. The number of rotatable bonds is 5. The van der Waals surface area contributed by atoms with Crippen LogP contribution in [0.5, 0.6) is 0 Å². The minimum Gasteiger partial charge on any atom is -0.305 e. The van der Waals surface area contributed by atoms with Gasteiger partial charge in [-0.05, 0) is 31.8 Å². The topological polar surface area (TPSA) is 23.9 Å². The number of hydrogen-bond donors (Lipinski definition) is 1. The molecule has 0 aromatic heterocycles. The fraction of sp³-hybridized carbons (Fsp3) is 0.727. The molecule has 0 bridgehead atoms. The minimum absolute atomic E-state index is 0.414. The second-order valence-corrected chi connectivity index (χ2v) is 3.51. The van der Waals surface area contributed by atoms with Crippen molar-refractivity contribution in [2.75, 3.05) is 0 Å².